The highest BCUT2D eigenvalue weighted by molar-refractivity contribution is 5.35. The van der Waals surface area contributed by atoms with Gasteiger partial charge in [0.1, 0.15) is 5.75 Å². The SMILES string of the molecule is Cc1c(C(C)NCc2cccc(O)c2)cnn1-c1ccccc1. The van der Waals surface area contributed by atoms with Crippen molar-refractivity contribution in [2.45, 2.75) is 26.4 Å². The maximum atomic E-state index is 9.53. The first-order valence-corrected chi connectivity index (χ1v) is 7.76. The minimum atomic E-state index is 0.176. The van der Waals surface area contributed by atoms with Gasteiger partial charge in [-0.3, -0.25) is 0 Å². The van der Waals surface area contributed by atoms with E-state index in [0.717, 1.165) is 16.9 Å². The summed E-state index contributed by atoms with van der Waals surface area (Å²) in [4.78, 5) is 0. The third-order valence-electron chi connectivity index (χ3n) is 4.04. The van der Waals surface area contributed by atoms with Crippen LogP contribution in [0.25, 0.3) is 5.69 Å². The molecule has 1 heterocycles. The zero-order chi connectivity index (χ0) is 16.2. The first-order valence-electron chi connectivity index (χ1n) is 7.76. The van der Waals surface area contributed by atoms with Crippen molar-refractivity contribution in [1.29, 1.82) is 0 Å². The van der Waals surface area contributed by atoms with Crippen LogP contribution in [0.3, 0.4) is 0 Å². The summed E-state index contributed by atoms with van der Waals surface area (Å²) in [5.41, 5.74) is 4.43. The van der Waals surface area contributed by atoms with Crippen LogP contribution < -0.4 is 5.32 Å². The molecule has 3 aromatic rings. The Kier molecular flexibility index (Phi) is 4.44. The first-order chi connectivity index (χ1) is 11.1. The third kappa shape index (κ3) is 3.43. The fourth-order valence-electron chi connectivity index (χ4n) is 2.72. The lowest BCUT2D eigenvalue weighted by Crippen LogP contribution is -2.18. The summed E-state index contributed by atoms with van der Waals surface area (Å²) >= 11 is 0. The Balaban J connectivity index is 1.73. The fourth-order valence-corrected chi connectivity index (χ4v) is 2.72. The molecule has 0 fully saturated rings. The molecule has 0 amide bonds. The molecule has 2 aromatic carbocycles. The molecule has 0 spiro atoms. The van der Waals surface area contributed by atoms with Crippen LogP contribution in [0.2, 0.25) is 0 Å². The van der Waals surface area contributed by atoms with E-state index in [2.05, 4.69) is 36.4 Å². The Bertz CT molecular complexity index is 780. The highest BCUT2D eigenvalue weighted by Gasteiger charge is 2.13. The Hall–Kier alpha value is -2.59. The van der Waals surface area contributed by atoms with E-state index in [-0.39, 0.29) is 6.04 Å². The molecular weight excluding hydrogens is 286 g/mol. The van der Waals surface area contributed by atoms with Crippen LogP contribution in [0.5, 0.6) is 5.75 Å². The topological polar surface area (TPSA) is 50.1 Å². The molecule has 1 atom stereocenters. The van der Waals surface area contributed by atoms with E-state index in [1.54, 1.807) is 12.1 Å². The number of rotatable bonds is 5. The van der Waals surface area contributed by atoms with Crippen molar-refractivity contribution < 1.29 is 5.11 Å². The molecule has 118 valence electrons. The highest BCUT2D eigenvalue weighted by Crippen LogP contribution is 2.20. The third-order valence-corrected chi connectivity index (χ3v) is 4.04. The lowest BCUT2D eigenvalue weighted by atomic mass is 10.1. The predicted molar refractivity (Wildman–Crippen MR) is 91.7 cm³/mol. The van der Waals surface area contributed by atoms with Crippen LogP contribution in [0, 0.1) is 6.92 Å². The molecule has 3 rings (SSSR count). The van der Waals surface area contributed by atoms with Crippen molar-refractivity contribution >= 4 is 0 Å². The van der Waals surface area contributed by atoms with Gasteiger partial charge in [0.2, 0.25) is 0 Å². The molecule has 0 radical (unpaired) electrons. The summed E-state index contributed by atoms with van der Waals surface area (Å²) in [5, 5.41) is 17.5. The second kappa shape index (κ2) is 6.67. The number of benzene rings is 2. The molecular formula is C19H21N3O. The molecule has 4 nitrogen and oxygen atoms in total. The number of phenols is 1. The van der Waals surface area contributed by atoms with Crippen LogP contribution in [-0.2, 0) is 6.54 Å². The molecule has 1 unspecified atom stereocenters. The minimum Gasteiger partial charge on any atom is -0.508 e. The van der Waals surface area contributed by atoms with E-state index >= 15 is 0 Å². The molecule has 23 heavy (non-hydrogen) atoms. The molecule has 0 saturated heterocycles. The average Bonchev–Trinajstić information content (AvgIpc) is 2.95. The molecule has 4 heteroatoms. The Morgan fingerprint density at radius 3 is 2.65 bits per heavy atom. The number of phenolic OH excluding ortho intramolecular Hbond substituents is 1. The van der Waals surface area contributed by atoms with Gasteiger partial charge in [-0.15, -0.1) is 0 Å². The van der Waals surface area contributed by atoms with Crippen LogP contribution in [0.1, 0.15) is 29.8 Å². The van der Waals surface area contributed by atoms with E-state index in [9.17, 15) is 5.11 Å². The average molecular weight is 307 g/mol. The van der Waals surface area contributed by atoms with Gasteiger partial charge in [0.15, 0.2) is 0 Å². The van der Waals surface area contributed by atoms with E-state index < -0.39 is 0 Å². The van der Waals surface area contributed by atoms with Gasteiger partial charge in [0, 0.05) is 23.8 Å². The lowest BCUT2D eigenvalue weighted by Gasteiger charge is -2.14. The summed E-state index contributed by atoms with van der Waals surface area (Å²) in [6, 6.07) is 17.6. The van der Waals surface area contributed by atoms with Gasteiger partial charge < -0.3 is 10.4 Å². The summed E-state index contributed by atoms with van der Waals surface area (Å²) in [6.45, 7) is 4.91. The van der Waals surface area contributed by atoms with Crippen molar-refractivity contribution in [2.75, 3.05) is 0 Å². The molecule has 2 N–H and O–H groups in total. The second-order valence-corrected chi connectivity index (χ2v) is 5.71. The summed E-state index contributed by atoms with van der Waals surface area (Å²) < 4.78 is 1.96. The molecule has 1 aromatic heterocycles. The van der Waals surface area contributed by atoms with Gasteiger partial charge >= 0.3 is 0 Å². The number of aromatic hydroxyl groups is 1. The molecule has 0 aliphatic carbocycles. The van der Waals surface area contributed by atoms with Gasteiger partial charge in [-0.1, -0.05) is 30.3 Å². The van der Waals surface area contributed by atoms with Crippen LogP contribution >= 0.6 is 0 Å². The van der Waals surface area contributed by atoms with Gasteiger partial charge in [-0.2, -0.15) is 5.10 Å². The van der Waals surface area contributed by atoms with Crippen molar-refractivity contribution in [3.63, 3.8) is 0 Å². The minimum absolute atomic E-state index is 0.176. The van der Waals surface area contributed by atoms with Crippen molar-refractivity contribution in [1.82, 2.24) is 15.1 Å². The zero-order valence-corrected chi connectivity index (χ0v) is 13.4. The molecule has 0 bridgehead atoms. The largest absolute Gasteiger partial charge is 0.508 e. The predicted octanol–water partition coefficient (Wildman–Crippen LogP) is 3.74. The van der Waals surface area contributed by atoms with Gasteiger partial charge in [0.05, 0.1) is 11.9 Å². The zero-order valence-electron chi connectivity index (χ0n) is 13.4. The number of hydrogen-bond donors (Lipinski definition) is 2. The van der Waals surface area contributed by atoms with Gasteiger partial charge in [-0.05, 0) is 43.7 Å². The van der Waals surface area contributed by atoms with E-state index in [1.165, 1.54) is 5.56 Å². The molecule has 0 saturated carbocycles. The maximum Gasteiger partial charge on any atom is 0.115 e. The lowest BCUT2D eigenvalue weighted by molar-refractivity contribution is 0.473. The number of para-hydroxylation sites is 1. The quantitative estimate of drug-likeness (QED) is 0.755. The number of aromatic nitrogens is 2. The Labute approximate surface area is 136 Å². The maximum absolute atomic E-state index is 9.53. The summed E-state index contributed by atoms with van der Waals surface area (Å²) in [6.07, 6.45) is 1.92. The normalized spacial score (nSPS) is 12.3. The van der Waals surface area contributed by atoms with Crippen LogP contribution in [-0.4, -0.2) is 14.9 Å². The summed E-state index contributed by atoms with van der Waals surface area (Å²) in [5.74, 6) is 0.296. The monoisotopic (exact) mass is 307 g/mol. The Morgan fingerprint density at radius 2 is 1.91 bits per heavy atom. The van der Waals surface area contributed by atoms with Crippen molar-refractivity contribution in [2.24, 2.45) is 0 Å². The van der Waals surface area contributed by atoms with Crippen molar-refractivity contribution in [3.05, 3.63) is 77.6 Å². The Morgan fingerprint density at radius 1 is 1.13 bits per heavy atom. The molecule has 0 aliphatic heterocycles. The number of nitrogens with one attached hydrogen (secondary N) is 1. The van der Waals surface area contributed by atoms with E-state index in [1.807, 2.05) is 41.2 Å². The first kappa shape index (κ1) is 15.3. The smallest absolute Gasteiger partial charge is 0.115 e. The molecule has 0 aliphatic rings. The number of hydrogen-bond acceptors (Lipinski definition) is 3. The van der Waals surface area contributed by atoms with Crippen LogP contribution in [0.15, 0.2) is 60.8 Å². The van der Waals surface area contributed by atoms with E-state index in [0.29, 0.717) is 12.3 Å². The van der Waals surface area contributed by atoms with Gasteiger partial charge in [-0.25, -0.2) is 4.68 Å². The van der Waals surface area contributed by atoms with Crippen LogP contribution in [0.4, 0.5) is 0 Å². The second-order valence-electron chi connectivity index (χ2n) is 5.71. The van der Waals surface area contributed by atoms with E-state index in [4.69, 9.17) is 0 Å². The van der Waals surface area contributed by atoms with Gasteiger partial charge in [0.25, 0.3) is 0 Å². The fraction of sp³-hybridized carbons (Fsp3) is 0.211. The standard InChI is InChI=1S/C19H21N3O/c1-14(20-12-16-7-6-10-18(23)11-16)19-13-21-22(15(19)2)17-8-4-3-5-9-17/h3-11,13-14,20,23H,12H2,1-2H3. The summed E-state index contributed by atoms with van der Waals surface area (Å²) in [7, 11) is 0. The number of nitrogens with zero attached hydrogens (tertiary/aromatic N) is 2. The highest BCUT2D eigenvalue weighted by atomic mass is 16.3. The van der Waals surface area contributed by atoms with Crippen molar-refractivity contribution in [3.8, 4) is 11.4 Å².